The number of urea groups is 1. The molecule has 156 valence electrons. The van der Waals surface area contributed by atoms with Gasteiger partial charge in [-0.05, 0) is 48.9 Å². The summed E-state index contributed by atoms with van der Waals surface area (Å²) in [6.07, 6.45) is 6.22. The van der Waals surface area contributed by atoms with Crippen molar-refractivity contribution in [3.63, 3.8) is 0 Å². The number of nitrogens with zero attached hydrogens (tertiary/aromatic N) is 1. The van der Waals surface area contributed by atoms with Crippen molar-refractivity contribution in [2.24, 2.45) is 0 Å². The number of rotatable bonds is 5. The molecule has 6 heteroatoms. The van der Waals surface area contributed by atoms with Crippen LogP contribution in [-0.4, -0.2) is 29.2 Å². The predicted octanol–water partition coefficient (Wildman–Crippen LogP) is 5.15. The van der Waals surface area contributed by atoms with Crippen molar-refractivity contribution < 1.29 is 14.4 Å². The molecule has 1 saturated heterocycles. The minimum absolute atomic E-state index is 0.243. The maximum absolute atomic E-state index is 13.1. The van der Waals surface area contributed by atoms with Gasteiger partial charge in [0.1, 0.15) is 5.54 Å². The van der Waals surface area contributed by atoms with Crippen LogP contribution in [0.2, 0.25) is 0 Å². The van der Waals surface area contributed by atoms with Crippen LogP contribution >= 0.6 is 15.9 Å². The molecule has 0 spiro atoms. The molecule has 4 rings (SSSR count). The fraction of sp³-hybridized carbons (Fsp3) is 0.375. The smallest absolute Gasteiger partial charge is 0.319 e. The summed E-state index contributed by atoms with van der Waals surface area (Å²) in [5, 5.41) is 2.75. The van der Waals surface area contributed by atoms with Gasteiger partial charge in [-0.3, -0.25) is 14.5 Å². The van der Waals surface area contributed by atoms with Crippen LogP contribution in [0.4, 0.5) is 4.79 Å². The van der Waals surface area contributed by atoms with E-state index in [9.17, 15) is 14.4 Å². The number of imide groups is 1. The van der Waals surface area contributed by atoms with E-state index in [2.05, 4.69) is 21.2 Å². The van der Waals surface area contributed by atoms with Gasteiger partial charge in [0.25, 0.3) is 5.91 Å². The number of hydrogen-bond acceptors (Lipinski definition) is 3. The maximum Gasteiger partial charge on any atom is 0.325 e. The molecule has 0 radical (unpaired) electrons. The number of ketones is 1. The van der Waals surface area contributed by atoms with Crippen LogP contribution in [0.3, 0.4) is 0 Å². The minimum Gasteiger partial charge on any atom is -0.319 e. The Morgan fingerprint density at radius 2 is 1.80 bits per heavy atom. The molecule has 1 N–H and O–H groups in total. The van der Waals surface area contributed by atoms with E-state index in [-0.39, 0.29) is 12.3 Å². The van der Waals surface area contributed by atoms with Gasteiger partial charge in [-0.1, -0.05) is 71.6 Å². The van der Waals surface area contributed by atoms with E-state index in [1.165, 1.54) is 37.7 Å². The molecule has 1 saturated carbocycles. The van der Waals surface area contributed by atoms with Crippen LogP contribution < -0.4 is 5.32 Å². The van der Waals surface area contributed by atoms with Crippen molar-refractivity contribution in [1.82, 2.24) is 10.2 Å². The molecule has 1 aliphatic heterocycles. The molecular weight excluding hydrogens is 444 g/mol. The first kappa shape index (κ1) is 20.8. The largest absolute Gasteiger partial charge is 0.325 e. The Hall–Kier alpha value is -2.47. The third kappa shape index (κ3) is 3.93. The second kappa shape index (κ2) is 8.34. The third-order valence-corrected chi connectivity index (χ3v) is 6.78. The average Bonchev–Trinajstić information content (AvgIpc) is 2.98. The Labute approximate surface area is 185 Å². The number of benzene rings is 2. The molecule has 0 aromatic heterocycles. The summed E-state index contributed by atoms with van der Waals surface area (Å²) in [4.78, 5) is 39.4. The zero-order chi connectivity index (χ0) is 21.3. The lowest BCUT2D eigenvalue weighted by molar-refractivity contribution is -0.130. The molecular formula is C24H25BrN2O3. The van der Waals surface area contributed by atoms with E-state index in [1.807, 2.05) is 36.4 Å². The topological polar surface area (TPSA) is 66.5 Å². The number of amides is 3. The van der Waals surface area contributed by atoms with Crippen molar-refractivity contribution in [2.75, 3.05) is 6.54 Å². The molecule has 2 aromatic carbocycles. The number of Topliss-reactive ketones (excluding diaryl/α,β-unsaturated/α-hetero) is 1. The Morgan fingerprint density at radius 1 is 1.10 bits per heavy atom. The van der Waals surface area contributed by atoms with Crippen LogP contribution in [0.5, 0.6) is 0 Å². The van der Waals surface area contributed by atoms with E-state index in [1.54, 1.807) is 19.1 Å². The quantitative estimate of drug-likeness (QED) is 0.487. The summed E-state index contributed by atoms with van der Waals surface area (Å²) in [7, 11) is 0. The molecule has 2 aliphatic rings. The zero-order valence-corrected chi connectivity index (χ0v) is 18.6. The van der Waals surface area contributed by atoms with Crippen molar-refractivity contribution in [2.45, 2.75) is 50.5 Å². The zero-order valence-electron chi connectivity index (χ0n) is 17.0. The summed E-state index contributed by atoms with van der Waals surface area (Å²) >= 11 is 3.40. The minimum atomic E-state index is -1.19. The fourth-order valence-corrected chi connectivity index (χ4v) is 4.85. The molecule has 30 heavy (non-hydrogen) atoms. The highest BCUT2D eigenvalue weighted by Gasteiger charge is 2.49. The van der Waals surface area contributed by atoms with Gasteiger partial charge in [-0.15, -0.1) is 0 Å². The molecule has 1 atom stereocenters. The van der Waals surface area contributed by atoms with Crippen molar-refractivity contribution >= 4 is 33.7 Å². The molecule has 0 bridgehead atoms. The van der Waals surface area contributed by atoms with Gasteiger partial charge in [0.2, 0.25) is 0 Å². The number of nitrogens with one attached hydrogen (secondary N) is 1. The average molecular weight is 469 g/mol. The van der Waals surface area contributed by atoms with E-state index in [0.29, 0.717) is 17.0 Å². The Balaban J connectivity index is 1.48. The number of carbonyl (C=O) groups excluding carboxylic acids is 3. The van der Waals surface area contributed by atoms with Gasteiger partial charge in [-0.2, -0.15) is 0 Å². The highest BCUT2D eigenvalue weighted by atomic mass is 79.9. The van der Waals surface area contributed by atoms with Gasteiger partial charge in [-0.25, -0.2) is 4.79 Å². The van der Waals surface area contributed by atoms with E-state index < -0.39 is 17.5 Å². The first-order valence-corrected chi connectivity index (χ1v) is 11.2. The molecule has 1 aliphatic carbocycles. The molecule has 1 heterocycles. The lowest BCUT2D eigenvalue weighted by Gasteiger charge is -2.22. The van der Waals surface area contributed by atoms with Gasteiger partial charge in [0.15, 0.2) is 5.78 Å². The van der Waals surface area contributed by atoms with Crippen molar-refractivity contribution in [1.29, 1.82) is 0 Å². The first-order valence-electron chi connectivity index (χ1n) is 10.4. The van der Waals surface area contributed by atoms with E-state index >= 15 is 0 Å². The highest BCUT2D eigenvalue weighted by Crippen LogP contribution is 2.33. The van der Waals surface area contributed by atoms with Crippen LogP contribution in [0, 0.1) is 0 Å². The van der Waals surface area contributed by atoms with Crippen LogP contribution in [0.1, 0.15) is 66.4 Å². The highest BCUT2D eigenvalue weighted by molar-refractivity contribution is 9.10. The molecule has 5 nitrogen and oxygen atoms in total. The normalized spacial score (nSPS) is 22.3. The standard InChI is InChI=1S/C24H25BrN2O3/c1-24(19-8-5-9-20(25)14-19)22(29)27(23(30)26-24)15-21(28)18-12-10-17(11-13-18)16-6-3-2-4-7-16/h5,8-14,16H,2-4,6-7,15H2,1H3,(H,26,30). The van der Waals surface area contributed by atoms with Gasteiger partial charge in [0.05, 0.1) is 6.54 Å². The van der Waals surface area contributed by atoms with Crippen molar-refractivity contribution in [3.8, 4) is 0 Å². The molecule has 1 unspecified atom stereocenters. The monoisotopic (exact) mass is 468 g/mol. The van der Waals surface area contributed by atoms with Crippen LogP contribution in [0.25, 0.3) is 0 Å². The molecule has 2 aromatic rings. The molecule has 2 fully saturated rings. The fourth-order valence-electron chi connectivity index (χ4n) is 4.45. The number of halogens is 1. The van der Waals surface area contributed by atoms with Gasteiger partial charge >= 0.3 is 6.03 Å². The van der Waals surface area contributed by atoms with Gasteiger partial charge < -0.3 is 5.32 Å². The molecule has 3 amide bonds. The third-order valence-electron chi connectivity index (χ3n) is 6.29. The summed E-state index contributed by atoms with van der Waals surface area (Å²) in [6.45, 7) is 1.40. The van der Waals surface area contributed by atoms with Gasteiger partial charge in [0, 0.05) is 10.0 Å². The first-order chi connectivity index (χ1) is 14.4. The van der Waals surface area contributed by atoms with Crippen LogP contribution in [-0.2, 0) is 10.3 Å². The summed E-state index contributed by atoms with van der Waals surface area (Å²) in [6, 6.07) is 14.4. The Kier molecular flexibility index (Phi) is 5.78. The Bertz CT molecular complexity index is 982. The Morgan fingerprint density at radius 3 is 2.47 bits per heavy atom. The lowest BCUT2D eigenvalue weighted by Crippen LogP contribution is -2.41. The second-order valence-corrected chi connectivity index (χ2v) is 9.25. The number of hydrogen-bond donors (Lipinski definition) is 1. The van der Waals surface area contributed by atoms with E-state index in [0.717, 1.165) is 9.37 Å². The van der Waals surface area contributed by atoms with Crippen LogP contribution in [0.15, 0.2) is 53.0 Å². The number of carbonyl (C=O) groups is 3. The maximum atomic E-state index is 13.1. The summed E-state index contributed by atoms with van der Waals surface area (Å²) < 4.78 is 0.816. The summed E-state index contributed by atoms with van der Waals surface area (Å²) in [5.74, 6) is -0.0929. The predicted molar refractivity (Wildman–Crippen MR) is 118 cm³/mol. The summed E-state index contributed by atoms with van der Waals surface area (Å²) in [5.41, 5.74) is 1.27. The van der Waals surface area contributed by atoms with Crippen molar-refractivity contribution in [3.05, 3.63) is 69.7 Å². The second-order valence-electron chi connectivity index (χ2n) is 8.34. The lowest BCUT2D eigenvalue weighted by atomic mass is 9.84. The van der Waals surface area contributed by atoms with E-state index in [4.69, 9.17) is 0 Å². The SMILES string of the molecule is CC1(c2cccc(Br)c2)NC(=O)N(CC(=O)c2ccc(C3CCCCC3)cc2)C1=O.